The quantitative estimate of drug-likeness (QED) is 0.320. The Labute approximate surface area is 244 Å². The zero-order chi connectivity index (χ0) is 27.5. The number of rotatable bonds is 8. The molecule has 2 N–H and O–H groups in total. The van der Waals surface area contributed by atoms with Crippen molar-refractivity contribution in [2.75, 3.05) is 0 Å². The highest BCUT2D eigenvalue weighted by atomic mass is 15.1. The molecule has 5 rings (SSSR count). The largest absolute Gasteiger partial charge is 0.309 e. The van der Waals surface area contributed by atoms with Crippen LogP contribution in [0.2, 0.25) is 0 Å². The summed E-state index contributed by atoms with van der Waals surface area (Å²) in [5, 5.41) is 9.19. The van der Waals surface area contributed by atoms with Crippen molar-refractivity contribution < 1.29 is 0 Å². The van der Waals surface area contributed by atoms with E-state index in [2.05, 4.69) is 52.2 Å². The summed E-state index contributed by atoms with van der Waals surface area (Å²) in [5.41, 5.74) is 0. The van der Waals surface area contributed by atoms with Crippen molar-refractivity contribution in [2.24, 2.45) is 59.2 Å². The Morgan fingerprint density at radius 3 is 1.69 bits per heavy atom. The summed E-state index contributed by atoms with van der Waals surface area (Å²) < 4.78 is 0. The Hall–Kier alpha value is -0.0800. The SMILES string of the molecule is CC(C)C1CCCCC1C(NC1C(C(C)C)CCCC1C(C)C)C1CCCC(C2CCCC3CCCCC32)N1. The first-order valence-corrected chi connectivity index (χ1v) is 18.4. The van der Waals surface area contributed by atoms with E-state index >= 15 is 0 Å². The number of hydrogen-bond donors (Lipinski definition) is 2. The summed E-state index contributed by atoms with van der Waals surface area (Å²) in [6.07, 6.45) is 25.1. The van der Waals surface area contributed by atoms with Crippen LogP contribution in [0.25, 0.3) is 0 Å². The molecule has 39 heavy (non-hydrogen) atoms. The monoisotopic (exact) mass is 541 g/mol. The van der Waals surface area contributed by atoms with Crippen molar-refractivity contribution in [3.05, 3.63) is 0 Å². The van der Waals surface area contributed by atoms with E-state index < -0.39 is 0 Å². The normalized spacial score (nSPS) is 43.0. The first-order chi connectivity index (χ1) is 18.8. The summed E-state index contributed by atoms with van der Waals surface area (Å²) in [7, 11) is 0. The standard InChI is InChI=1S/C37H68N2/c1-24(2)28-16-9-10-18-33(28)37(39-36-29(25(3)4)19-12-20-30(36)26(5)6)35-23-13-22-34(38-35)32-21-11-15-27-14-7-8-17-31(27)32/h24-39H,7-23H2,1-6H3. The van der Waals surface area contributed by atoms with Gasteiger partial charge >= 0.3 is 0 Å². The topological polar surface area (TPSA) is 24.1 Å². The zero-order valence-corrected chi connectivity index (χ0v) is 27.1. The molecule has 1 aliphatic heterocycles. The number of nitrogens with one attached hydrogen (secondary N) is 2. The second-order valence-electron chi connectivity index (χ2n) is 16.4. The highest BCUT2D eigenvalue weighted by Crippen LogP contribution is 2.47. The summed E-state index contributed by atoms with van der Waals surface area (Å²) >= 11 is 0. The summed E-state index contributed by atoms with van der Waals surface area (Å²) in [4.78, 5) is 0. The molecule has 0 radical (unpaired) electrons. The number of piperidine rings is 1. The van der Waals surface area contributed by atoms with Crippen LogP contribution in [0.15, 0.2) is 0 Å². The lowest BCUT2D eigenvalue weighted by Gasteiger charge is -2.52. The predicted octanol–water partition coefficient (Wildman–Crippen LogP) is 9.62. The summed E-state index contributed by atoms with van der Waals surface area (Å²) in [6, 6.07) is 2.84. The molecule has 0 aromatic carbocycles. The van der Waals surface area contributed by atoms with Gasteiger partial charge in [-0.15, -0.1) is 0 Å². The molecule has 1 heterocycles. The fraction of sp³-hybridized carbons (Fsp3) is 1.00. The molecule has 10 unspecified atom stereocenters. The van der Waals surface area contributed by atoms with Crippen molar-refractivity contribution in [2.45, 2.75) is 175 Å². The first-order valence-electron chi connectivity index (χ1n) is 18.4. The minimum absolute atomic E-state index is 0.664. The van der Waals surface area contributed by atoms with Crippen molar-refractivity contribution in [3.63, 3.8) is 0 Å². The maximum absolute atomic E-state index is 4.66. The van der Waals surface area contributed by atoms with E-state index in [-0.39, 0.29) is 0 Å². The third-order valence-corrected chi connectivity index (χ3v) is 13.3. The molecule has 5 fully saturated rings. The van der Waals surface area contributed by atoms with E-state index in [9.17, 15) is 0 Å². The Balaban J connectivity index is 1.41. The highest BCUT2D eigenvalue weighted by Gasteiger charge is 2.46. The fourth-order valence-corrected chi connectivity index (χ4v) is 11.3. The lowest BCUT2D eigenvalue weighted by Crippen LogP contribution is -2.64. The van der Waals surface area contributed by atoms with Crippen molar-refractivity contribution in [1.82, 2.24) is 10.6 Å². The first kappa shape index (κ1) is 30.4. The van der Waals surface area contributed by atoms with Crippen LogP contribution in [-0.4, -0.2) is 24.2 Å². The summed E-state index contributed by atoms with van der Waals surface area (Å²) in [6.45, 7) is 15.2. The average Bonchev–Trinajstić information content (AvgIpc) is 2.95. The second kappa shape index (κ2) is 13.9. The highest BCUT2D eigenvalue weighted by molar-refractivity contribution is 5.03. The molecule has 2 nitrogen and oxygen atoms in total. The van der Waals surface area contributed by atoms with E-state index in [0.29, 0.717) is 18.1 Å². The lowest BCUT2D eigenvalue weighted by atomic mass is 9.62. The number of hydrogen-bond acceptors (Lipinski definition) is 2. The average molecular weight is 541 g/mol. The van der Waals surface area contributed by atoms with Gasteiger partial charge in [-0.05, 0) is 111 Å². The molecule has 10 atom stereocenters. The van der Waals surface area contributed by atoms with Gasteiger partial charge < -0.3 is 10.6 Å². The van der Waals surface area contributed by atoms with Crippen molar-refractivity contribution >= 4 is 0 Å². The minimum Gasteiger partial charge on any atom is -0.309 e. The van der Waals surface area contributed by atoms with Crippen LogP contribution >= 0.6 is 0 Å². The molecule has 4 aliphatic carbocycles. The fourth-order valence-electron chi connectivity index (χ4n) is 11.3. The van der Waals surface area contributed by atoms with Gasteiger partial charge in [0.05, 0.1) is 0 Å². The maximum Gasteiger partial charge on any atom is 0.0255 e. The molecule has 0 bridgehead atoms. The van der Waals surface area contributed by atoms with Crippen LogP contribution in [0.3, 0.4) is 0 Å². The molecular weight excluding hydrogens is 472 g/mol. The van der Waals surface area contributed by atoms with Gasteiger partial charge in [-0.1, -0.05) is 99.3 Å². The van der Waals surface area contributed by atoms with Crippen LogP contribution in [0.1, 0.15) is 151 Å². The van der Waals surface area contributed by atoms with Crippen LogP contribution in [0.5, 0.6) is 0 Å². The van der Waals surface area contributed by atoms with E-state index in [1.54, 1.807) is 0 Å². The summed E-state index contributed by atoms with van der Waals surface area (Å²) in [5.74, 6) is 8.87. The molecule has 1 saturated heterocycles. The Morgan fingerprint density at radius 1 is 0.487 bits per heavy atom. The van der Waals surface area contributed by atoms with Crippen LogP contribution in [0, 0.1) is 59.2 Å². The van der Waals surface area contributed by atoms with Gasteiger partial charge in [0.25, 0.3) is 0 Å². The van der Waals surface area contributed by atoms with E-state index in [1.165, 1.54) is 109 Å². The molecule has 0 amide bonds. The van der Waals surface area contributed by atoms with Gasteiger partial charge in [-0.2, -0.15) is 0 Å². The number of fused-ring (bicyclic) bond motifs is 1. The van der Waals surface area contributed by atoms with Crippen molar-refractivity contribution in [1.29, 1.82) is 0 Å². The third kappa shape index (κ3) is 6.95. The molecule has 0 aromatic rings. The molecule has 226 valence electrons. The van der Waals surface area contributed by atoms with Gasteiger partial charge in [-0.25, -0.2) is 0 Å². The van der Waals surface area contributed by atoms with Gasteiger partial charge in [0.1, 0.15) is 0 Å². The molecule has 0 spiro atoms. The van der Waals surface area contributed by atoms with E-state index in [0.717, 1.165) is 65.2 Å². The predicted molar refractivity (Wildman–Crippen MR) is 169 cm³/mol. The van der Waals surface area contributed by atoms with Crippen molar-refractivity contribution in [3.8, 4) is 0 Å². The van der Waals surface area contributed by atoms with Crippen LogP contribution in [0.4, 0.5) is 0 Å². The molecule has 0 aromatic heterocycles. The van der Waals surface area contributed by atoms with Gasteiger partial charge in [0.2, 0.25) is 0 Å². The molecule has 2 heteroatoms. The molecular formula is C37H68N2. The smallest absolute Gasteiger partial charge is 0.0255 e. The van der Waals surface area contributed by atoms with E-state index in [4.69, 9.17) is 0 Å². The Bertz CT molecular complexity index is 711. The second-order valence-corrected chi connectivity index (χ2v) is 16.4. The van der Waals surface area contributed by atoms with Gasteiger partial charge in [0, 0.05) is 24.2 Å². The van der Waals surface area contributed by atoms with Gasteiger partial charge in [0.15, 0.2) is 0 Å². The molecule has 4 saturated carbocycles. The maximum atomic E-state index is 4.66. The third-order valence-electron chi connectivity index (χ3n) is 13.3. The van der Waals surface area contributed by atoms with Gasteiger partial charge in [-0.3, -0.25) is 0 Å². The lowest BCUT2D eigenvalue weighted by molar-refractivity contribution is 0.0304. The van der Waals surface area contributed by atoms with E-state index in [1.807, 2.05) is 0 Å². The van der Waals surface area contributed by atoms with Crippen LogP contribution < -0.4 is 10.6 Å². The Kier molecular flexibility index (Phi) is 10.8. The minimum atomic E-state index is 0.664. The molecule has 5 aliphatic rings. The Morgan fingerprint density at radius 2 is 1.00 bits per heavy atom. The van der Waals surface area contributed by atoms with Crippen LogP contribution in [-0.2, 0) is 0 Å². The zero-order valence-electron chi connectivity index (χ0n) is 27.1.